The van der Waals surface area contributed by atoms with Gasteiger partial charge in [0.15, 0.2) is 0 Å². The third-order valence-electron chi connectivity index (χ3n) is 2.05. The molecule has 6 heteroatoms. The van der Waals surface area contributed by atoms with E-state index in [0.717, 1.165) is 13.0 Å². The van der Waals surface area contributed by atoms with Crippen molar-refractivity contribution in [3.05, 3.63) is 26.9 Å². The highest BCUT2D eigenvalue weighted by Crippen LogP contribution is 2.24. The van der Waals surface area contributed by atoms with Crippen LogP contribution in [0.2, 0.25) is 0 Å². The van der Waals surface area contributed by atoms with Crippen LogP contribution in [-0.2, 0) is 0 Å². The molecule has 0 atom stereocenters. The van der Waals surface area contributed by atoms with Gasteiger partial charge in [0.25, 0.3) is 5.69 Å². The van der Waals surface area contributed by atoms with Crippen molar-refractivity contribution in [2.45, 2.75) is 20.3 Å². The van der Waals surface area contributed by atoms with Crippen LogP contribution in [0.3, 0.4) is 0 Å². The van der Waals surface area contributed by atoms with Gasteiger partial charge >= 0.3 is 0 Å². The van der Waals surface area contributed by atoms with Gasteiger partial charge < -0.3 is 5.32 Å². The highest BCUT2D eigenvalue weighted by molar-refractivity contribution is 9.10. The Morgan fingerprint density at radius 3 is 2.81 bits per heavy atom. The monoisotopic (exact) mass is 287 g/mol. The van der Waals surface area contributed by atoms with Gasteiger partial charge in [-0.2, -0.15) is 0 Å². The Morgan fingerprint density at radius 2 is 2.31 bits per heavy atom. The Morgan fingerprint density at radius 1 is 1.62 bits per heavy atom. The number of aromatic nitrogens is 1. The summed E-state index contributed by atoms with van der Waals surface area (Å²) in [6.07, 6.45) is 2.29. The van der Waals surface area contributed by atoms with Gasteiger partial charge in [-0.1, -0.05) is 13.8 Å². The Balaban J connectivity index is 2.64. The van der Waals surface area contributed by atoms with E-state index in [0.29, 0.717) is 16.2 Å². The van der Waals surface area contributed by atoms with Gasteiger partial charge in [-0.05, 0) is 28.3 Å². The molecule has 1 rings (SSSR count). The first-order valence-electron chi connectivity index (χ1n) is 5.04. The summed E-state index contributed by atoms with van der Waals surface area (Å²) >= 11 is 3.25. The first-order chi connectivity index (χ1) is 7.50. The Labute approximate surface area is 103 Å². The third kappa shape index (κ3) is 3.77. The van der Waals surface area contributed by atoms with Crippen LogP contribution in [0.4, 0.5) is 11.5 Å². The van der Waals surface area contributed by atoms with Crippen molar-refractivity contribution >= 4 is 27.4 Å². The third-order valence-corrected chi connectivity index (χ3v) is 2.66. The molecule has 16 heavy (non-hydrogen) atoms. The molecule has 1 aromatic rings. The van der Waals surface area contributed by atoms with Crippen molar-refractivity contribution < 1.29 is 4.92 Å². The molecule has 1 heterocycles. The molecule has 0 amide bonds. The average molecular weight is 288 g/mol. The van der Waals surface area contributed by atoms with Gasteiger partial charge in [0, 0.05) is 12.6 Å². The number of pyridine rings is 1. The summed E-state index contributed by atoms with van der Waals surface area (Å²) in [5, 5.41) is 13.6. The second kappa shape index (κ2) is 5.79. The average Bonchev–Trinajstić information content (AvgIpc) is 2.19. The molecule has 0 aliphatic rings. The van der Waals surface area contributed by atoms with Crippen LogP contribution in [0.5, 0.6) is 0 Å². The lowest BCUT2D eigenvalue weighted by Crippen LogP contribution is -2.06. The van der Waals surface area contributed by atoms with E-state index in [1.54, 1.807) is 0 Å². The summed E-state index contributed by atoms with van der Waals surface area (Å²) in [5.74, 6) is 1.26. The quantitative estimate of drug-likeness (QED) is 0.667. The zero-order valence-electron chi connectivity index (χ0n) is 9.24. The van der Waals surface area contributed by atoms with Crippen molar-refractivity contribution in [1.29, 1.82) is 0 Å². The van der Waals surface area contributed by atoms with E-state index in [4.69, 9.17) is 0 Å². The number of hydrogen-bond acceptors (Lipinski definition) is 4. The van der Waals surface area contributed by atoms with Crippen molar-refractivity contribution in [2.75, 3.05) is 11.9 Å². The summed E-state index contributed by atoms with van der Waals surface area (Å²) < 4.78 is 0.616. The van der Waals surface area contributed by atoms with Crippen molar-refractivity contribution in [1.82, 2.24) is 4.98 Å². The van der Waals surface area contributed by atoms with E-state index in [2.05, 4.69) is 40.1 Å². The molecule has 0 unspecified atom stereocenters. The summed E-state index contributed by atoms with van der Waals surface area (Å²) in [5.41, 5.74) is -0.0127. The lowest BCUT2D eigenvalue weighted by Gasteiger charge is -2.08. The van der Waals surface area contributed by atoms with E-state index in [9.17, 15) is 10.1 Å². The Kier molecular flexibility index (Phi) is 4.67. The predicted octanol–water partition coefficient (Wildman–Crippen LogP) is 3.21. The smallest absolute Gasteiger partial charge is 0.288 e. The van der Waals surface area contributed by atoms with Crippen LogP contribution in [-0.4, -0.2) is 16.5 Å². The maximum atomic E-state index is 10.5. The van der Waals surface area contributed by atoms with E-state index in [1.807, 2.05) is 0 Å². The molecule has 1 aromatic heterocycles. The minimum absolute atomic E-state index is 0.0127. The number of hydrogen-bond donors (Lipinski definition) is 1. The molecule has 0 bridgehead atoms. The zero-order chi connectivity index (χ0) is 12.1. The predicted molar refractivity (Wildman–Crippen MR) is 66.5 cm³/mol. The minimum Gasteiger partial charge on any atom is -0.369 e. The molecule has 0 aliphatic carbocycles. The van der Waals surface area contributed by atoms with Gasteiger partial charge in [-0.25, -0.2) is 4.98 Å². The summed E-state index contributed by atoms with van der Waals surface area (Å²) in [6.45, 7) is 5.08. The molecule has 0 saturated carbocycles. The Bertz CT molecular complexity index is 382. The van der Waals surface area contributed by atoms with Crippen LogP contribution in [0.1, 0.15) is 20.3 Å². The summed E-state index contributed by atoms with van der Waals surface area (Å²) in [7, 11) is 0. The molecule has 1 N–H and O–H groups in total. The first-order valence-corrected chi connectivity index (χ1v) is 5.84. The molecule has 0 aliphatic heterocycles. The fourth-order valence-electron chi connectivity index (χ4n) is 1.14. The Hall–Kier alpha value is -1.17. The lowest BCUT2D eigenvalue weighted by molar-refractivity contribution is -0.385. The van der Waals surface area contributed by atoms with Crippen LogP contribution < -0.4 is 5.32 Å². The van der Waals surface area contributed by atoms with Crippen LogP contribution in [0, 0.1) is 16.0 Å². The van der Waals surface area contributed by atoms with E-state index in [1.165, 1.54) is 12.3 Å². The highest BCUT2D eigenvalue weighted by Gasteiger charge is 2.10. The molecular weight excluding hydrogens is 274 g/mol. The van der Waals surface area contributed by atoms with Crippen molar-refractivity contribution in [3.63, 3.8) is 0 Å². The zero-order valence-corrected chi connectivity index (χ0v) is 10.8. The standard InChI is InChI=1S/C10H14BrN3O2/c1-7(2)3-4-12-10-9(11)5-8(6-13-10)14(15)16/h5-7H,3-4H2,1-2H3,(H,12,13). The van der Waals surface area contributed by atoms with Crippen molar-refractivity contribution in [2.24, 2.45) is 5.92 Å². The fraction of sp³-hybridized carbons (Fsp3) is 0.500. The van der Waals surface area contributed by atoms with Crippen LogP contribution in [0.25, 0.3) is 0 Å². The molecule has 0 aromatic carbocycles. The van der Waals surface area contributed by atoms with E-state index < -0.39 is 4.92 Å². The molecule has 0 spiro atoms. The molecule has 0 fully saturated rings. The number of nitrogens with one attached hydrogen (secondary N) is 1. The van der Waals surface area contributed by atoms with Gasteiger partial charge in [0.1, 0.15) is 12.0 Å². The largest absolute Gasteiger partial charge is 0.369 e. The van der Waals surface area contributed by atoms with Gasteiger partial charge in [0.05, 0.1) is 9.40 Å². The highest BCUT2D eigenvalue weighted by atomic mass is 79.9. The van der Waals surface area contributed by atoms with Crippen LogP contribution in [0.15, 0.2) is 16.7 Å². The molecular formula is C10H14BrN3O2. The SMILES string of the molecule is CC(C)CCNc1ncc([N+](=O)[O-])cc1Br. The lowest BCUT2D eigenvalue weighted by atomic mass is 10.1. The van der Waals surface area contributed by atoms with Gasteiger partial charge in [0.2, 0.25) is 0 Å². The van der Waals surface area contributed by atoms with E-state index in [-0.39, 0.29) is 5.69 Å². The number of anilines is 1. The van der Waals surface area contributed by atoms with Gasteiger partial charge in [-0.15, -0.1) is 0 Å². The molecule has 0 saturated heterocycles. The first kappa shape index (κ1) is 12.9. The fourth-order valence-corrected chi connectivity index (χ4v) is 1.61. The summed E-state index contributed by atoms with van der Waals surface area (Å²) in [4.78, 5) is 14.0. The second-order valence-electron chi connectivity index (χ2n) is 3.89. The molecule has 0 radical (unpaired) electrons. The molecule has 88 valence electrons. The van der Waals surface area contributed by atoms with E-state index >= 15 is 0 Å². The molecule has 5 nitrogen and oxygen atoms in total. The van der Waals surface area contributed by atoms with Crippen molar-refractivity contribution in [3.8, 4) is 0 Å². The maximum Gasteiger partial charge on any atom is 0.288 e. The number of halogens is 1. The number of nitro groups is 1. The van der Waals surface area contributed by atoms with Gasteiger partial charge in [-0.3, -0.25) is 10.1 Å². The number of nitrogens with zero attached hydrogens (tertiary/aromatic N) is 2. The minimum atomic E-state index is -0.463. The summed E-state index contributed by atoms with van der Waals surface area (Å²) in [6, 6.07) is 1.45. The number of rotatable bonds is 5. The maximum absolute atomic E-state index is 10.5. The van der Waals surface area contributed by atoms with Crippen LogP contribution >= 0.6 is 15.9 Å². The topological polar surface area (TPSA) is 68.1 Å². The second-order valence-corrected chi connectivity index (χ2v) is 4.74. The normalized spacial score (nSPS) is 10.5.